The number of rotatable bonds is 11. The molecular formula is C36H39BrN8O. The molecule has 0 saturated carbocycles. The number of imidazole rings is 1. The van der Waals surface area contributed by atoms with E-state index in [9.17, 15) is 4.79 Å². The van der Waals surface area contributed by atoms with Crippen LogP contribution in [0.2, 0.25) is 0 Å². The lowest BCUT2D eigenvalue weighted by atomic mass is 10.0. The maximum atomic E-state index is 14.0. The van der Waals surface area contributed by atoms with E-state index >= 15 is 0 Å². The maximum Gasteiger partial charge on any atom is 0.241 e. The predicted molar refractivity (Wildman–Crippen MR) is 188 cm³/mol. The number of likely N-dealkylation sites (tertiary alicyclic amines) is 1. The Bertz CT molecular complexity index is 1810. The second-order valence-corrected chi connectivity index (χ2v) is 12.7. The van der Waals surface area contributed by atoms with Crippen molar-refractivity contribution >= 4 is 50.1 Å². The van der Waals surface area contributed by atoms with Gasteiger partial charge in [0.15, 0.2) is 0 Å². The molecule has 3 aromatic carbocycles. The summed E-state index contributed by atoms with van der Waals surface area (Å²) in [5.74, 6) is 1.12. The van der Waals surface area contributed by atoms with Gasteiger partial charge in [-0.25, -0.2) is 4.98 Å². The van der Waals surface area contributed by atoms with Crippen LogP contribution in [0, 0.1) is 5.41 Å². The second-order valence-electron chi connectivity index (χ2n) is 11.9. The first-order valence-corrected chi connectivity index (χ1v) is 16.4. The molecule has 1 fully saturated rings. The molecule has 1 amide bonds. The number of halogens is 1. The monoisotopic (exact) mass is 678 g/mol. The highest BCUT2D eigenvalue weighted by atomic mass is 79.9. The molecule has 0 atom stereocenters. The number of nitrogens with one attached hydrogen (secondary N) is 2. The van der Waals surface area contributed by atoms with E-state index in [1.807, 2.05) is 78.7 Å². The van der Waals surface area contributed by atoms with Crippen molar-refractivity contribution < 1.29 is 4.79 Å². The number of anilines is 2. The van der Waals surface area contributed by atoms with Crippen molar-refractivity contribution in [2.24, 2.45) is 12.8 Å². The number of fused-ring (bicyclic) bond motifs is 1. The van der Waals surface area contributed by atoms with Gasteiger partial charge in [0.05, 0.1) is 24.1 Å². The zero-order chi connectivity index (χ0) is 32.0. The minimum Gasteiger partial charge on any atom is -0.384 e. The van der Waals surface area contributed by atoms with Crippen molar-refractivity contribution in [1.29, 1.82) is 5.41 Å². The summed E-state index contributed by atoms with van der Waals surface area (Å²) in [5, 5.41) is 11.3. The van der Waals surface area contributed by atoms with Gasteiger partial charge >= 0.3 is 0 Å². The highest BCUT2D eigenvalue weighted by molar-refractivity contribution is 9.10. The third kappa shape index (κ3) is 7.46. The maximum absolute atomic E-state index is 14.0. The Morgan fingerprint density at radius 2 is 1.74 bits per heavy atom. The summed E-state index contributed by atoms with van der Waals surface area (Å²) in [4.78, 5) is 27.3. The van der Waals surface area contributed by atoms with Crippen molar-refractivity contribution in [2.75, 3.05) is 29.9 Å². The number of nitrogens with two attached hydrogens (primary N) is 1. The number of nitrogen functional groups attached to an aromatic ring is 1. The van der Waals surface area contributed by atoms with Gasteiger partial charge in [-0.15, -0.1) is 0 Å². The second kappa shape index (κ2) is 14.3. The first-order chi connectivity index (χ1) is 22.3. The number of para-hydroxylation sites is 1. The van der Waals surface area contributed by atoms with E-state index in [0.717, 1.165) is 82.6 Å². The van der Waals surface area contributed by atoms with E-state index < -0.39 is 0 Å². The Morgan fingerprint density at radius 1 is 1.00 bits per heavy atom. The van der Waals surface area contributed by atoms with Crippen LogP contribution in [0.4, 0.5) is 11.4 Å². The molecule has 3 heterocycles. The molecule has 236 valence electrons. The van der Waals surface area contributed by atoms with E-state index in [4.69, 9.17) is 16.1 Å². The fraction of sp³-hybridized carbons (Fsp3) is 0.278. The van der Waals surface area contributed by atoms with Crippen LogP contribution in [0.5, 0.6) is 0 Å². The number of pyridine rings is 1. The molecule has 2 aromatic heterocycles. The first-order valence-electron chi connectivity index (χ1n) is 15.7. The summed E-state index contributed by atoms with van der Waals surface area (Å²) < 4.78 is 3.20. The van der Waals surface area contributed by atoms with E-state index in [1.165, 1.54) is 5.56 Å². The Kier molecular flexibility index (Phi) is 9.75. The van der Waals surface area contributed by atoms with Crippen molar-refractivity contribution in [1.82, 2.24) is 19.4 Å². The molecule has 5 aromatic rings. The van der Waals surface area contributed by atoms with E-state index in [2.05, 4.69) is 47.8 Å². The molecule has 0 spiro atoms. The number of piperidine rings is 1. The standard InChI is InChI=1S/C36H39BrN8O/c1-43-33-12-11-29(22-32(33)42-34(43)13-8-25-6-9-27(10-7-25)36(38)39)45(23-26-14-18-40-19-15-26)35(46)24-44-20-16-28(17-21-44)41-31-5-3-2-4-30(31)37/h2-7,9-12,14-15,18-19,22,28,41H,8,13,16-17,20-21,23-24H2,1H3,(H3,38,39). The number of hydrogen-bond donors (Lipinski definition) is 3. The van der Waals surface area contributed by atoms with Crippen LogP contribution in [0.1, 0.15) is 35.4 Å². The highest BCUT2D eigenvalue weighted by Gasteiger charge is 2.25. The van der Waals surface area contributed by atoms with E-state index in [1.54, 1.807) is 12.4 Å². The lowest BCUT2D eigenvalue weighted by Gasteiger charge is -2.34. The molecule has 0 bridgehead atoms. The zero-order valence-corrected chi connectivity index (χ0v) is 27.6. The van der Waals surface area contributed by atoms with Crippen LogP contribution in [-0.2, 0) is 31.2 Å². The number of amidine groups is 1. The van der Waals surface area contributed by atoms with Crippen LogP contribution in [0.3, 0.4) is 0 Å². The van der Waals surface area contributed by atoms with Crippen LogP contribution >= 0.6 is 15.9 Å². The lowest BCUT2D eigenvalue weighted by Crippen LogP contribution is -2.45. The number of carbonyl (C=O) groups excluding carboxylic acids is 1. The van der Waals surface area contributed by atoms with Crippen LogP contribution in [0.15, 0.2) is 95.7 Å². The molecule has 46 heavy (non-hydrogen) atoms. The van der Waals surface area contributed by atoms with Crippen LogP contribution in [0.25, 0.3) is 11.0 Å². The van der Waals surface area contributed by atoms with E-state index in [-0.39, 0.29) is 11.7 Å². The lowest BCUT2D eigenvalue weighted by molar-refractivity contribution is -0.120. The third-order valence-corrected chi connectivity index (χ3v) is 9.43. The minimum atomic E-state index is 0.0681. The van der Waals surface area contributed by atoms with E-state index in [0.29, 0.717) is 19.1 Å². The summed E-state index contributed by atoms with van der Waals surface area (Å²) in [7, 11) is 2.04. The molecule has 0 aliphatic carbocycles. The number of hydrogen-bond acceptors (Lipinski definition) is 6. The molecule has 10 heteroatoms. The van der Waals surface area contributed by atoms with Gasteiger partial charge in [-0.3, -0.25) is 20.1 Å². The number of amides is 1. The molecule has 9 nitrogen and oxygen atoms in total. The third-order valence-electron chi connectivity index (χ3n) is 8.74. The molecule has 1 saturated heterocycles. The van der Waals surface area contributed by atoms with Gasteiger partial charge in [-0.05, 0) is 88.8 Å². The predicted octanol–water partition coefficient (Wildman–Crippen LogP) is 5.91. The molecule has 4 N–H and O–H groups in total. The molecule has 1 aliphatic rings. The largest absolute Gasteiger partial charge is 0.384 e. The zero-order valence-electron chi connectivity index (χ0n) is 26.0. The van der Waals surface area contributed by atoms with Gasteiger partial charge < -0.3 is 20.5 Å². The van der Waals surface area contributed by atoms with Gasteiger partial charge in [0, 0.05) is 66.4 Å². The minimum absolute atomic E-state index is 0.0681. The van der Waals surface area contributed by atoms with Crippen molar-refractivity contribution in [2.45, 2.75) is 38.3 Å². The summed E-state index contributed by atoms with van der Waals surface area (Å²) >= 11 is 3.63. The normalized spacial score (nSPS) is 14.0. The van der Waals surface area contributed by atoms with Gasteiger partial charge in [0.25, 0.3) is 0 Å². The molecule has 0 radical (unpaired) electrons. The van der Waals surface area contributed by atoms with Gasteiger partial charge in [-0.1, -0.05) is 36.4 Å². The SMILES string of the molecule is Cn1c(CCc2ccc(C(=N)N)cc2)nc2cc(N(Cc3ccncc3)C(=O)CN3CCC(Nc4ccccc4Br)CC3)ccc21. The summed E-state index contributed by atoms with van der Waals surface area (Å²) in [6.07, 6.45) is 7.08. The van der Waals surface area contributed by atoms with Crippen molar-refractivity contribution in [3.8, 4) is 0 Å². The highest BCUT2D eigenvalue weighted by Crippen LogP contribution is 2.27. The average Bonchev–Trinajstić information content (AvgIpc) is 3.39. The van der Waals surface area contributed by atoms with Crippen molar-refractivity contribution in [3.05, 3.63) is 118 Å². The average molecular weight is 680 g/mol. The molecule has 1 aliphatic heterocycles. The van der Waals surface area contributed by atoms with Crippen LogP contribution in [-0.4, -0.2) is 56.9 Å². The van der Waals surface area contributed by atoms with Gasteiger partial charge in [0.2, 0.25) is 5.91 Å². The molecule has 6 rings (SSSR count). The molecule has 0 unspecified atom stereocenters. The Balaban J connectivity index is 1.15. The van der Waals surface area contributed by atoms with Gasteiger partial charge in [-0.2, -0.15) is 0 Å². The topological polar surface area (TPSA) is 116 Å². The number of aromatic nitrogens is 3. The fourth-order valence-corrected chi connectivity index (χ4v) is 6.44. The summed E-state index contributed by atoms with van der Waals surface area (Å²) in [6, 6.07) is 26.4. The quantitative estimate of drug-likeness (QED) is 0.118. The summed E-state index contributed by atoms with van der Waals surface area (Å²) in [5.41, 5.74) is 12.4. The smallest absolute Gasteiger partial charge is 0.241 e. The number of aryl methyl sites for hydroxylation is 3. The number of nitrogens with zero attached hydrogens (tertiary/aromatic N) is 5. The Hall–Kier alpha value is -4.54. The Morgan fingerprint density at radius 3 is 2.46 bits per heavy atom. The van der Waals surface area contributed by atoms with Gasteiger partial charge in [0.1, 0.15) is 11.7 Å². The first kappa shape index (κ1) is 31.4. The molecular weight excluding hydrogens is 640 g/mol. The van der Waals surface area contributed by atoms with Crippen LogP contribution < -0.4 is 16.0 Å². The van der Waals surface area contributed by atoms with Crippen molar-refractivity contribution in [3.63, 3.8) is 0 Å². The summed E-state index contributed by atoms with van der Waals surface area (Å²) in [6.45, 7) is 2.54. The fourth-order valence-electron chi connectivity index (χ4n) is 6.04. The number of benzene rings is 3. The number of carbonyl (C=O) groups is 1. The Labute approximate surface area is 278 Å².